The highest BCUT2D eigenvalue weighted by Crippen LogP contribution is 2.24. The Morgan fingerprint density at radius 3 is 2.92 bits per heavy atom. The van der Waals surface area contributed by atoms with E-state index in [0.717, 1.165) is 16.4 Å². The molecule has 0 atom stereocenters. The van der Waals surface area contributed by atoms with Crippen LogP contribution in [0.5, 0.6) is 0 Å². The van der Waals surface area contributed by atoms with Gasteiger partial charge >= 0.3 is 0 Å². The number of imidazole rings is 1. The maximum atomic E-state index is 12.5. The van der Waals surface area contributed by atoms with Crippen LogP contribution >= 0.6 is 11.8 Å². The summed E-state index contributed by atoms with van der Waals surface area (Å²) in [7, 11) is 1.71. The van der Waals surface area contributed by atoms with Gasteiger partial charge in [-0.15, -0.1) is 10.2 Å². The van der Waals surface area contributed by atoms with E-state index in [0.29, 0.717) is 22.7 Å². The third-order valence-electron chi connectivity index (χ3n) is 4.23. The predicted octanol–water partition coefficient (Wildman–Crippen LogP) is 1.92. The molecule has 4 heterocycles. The Hall–Kier alpha value is -3.20. The van der Waals surface area contributed by atoms with Crippen molar-refractivity contribution in [2.45, 2.75) is 10.9 Å². The van der Waals surface area contributed by atoms with Gasteiger partial charge < -0.3 is 0 Å². The fourth-order valence-electron chi connectivity index (χ4n) is 2.99. The number of thioether (sulfide) groups is 1. The summed E-state index contributed by atoms with van der Waals surface area (Å²) in [6, 6.07) is 9.36. The Morgan fingerprint density at radius 1 is 1.15 bits per heavy atom. The van der Waals surface area contributed by atoms with Crippen LogP contribution in [-0.4, -0.2) is 33.5 Å². The molecule has 0 saturated heterocycles. The van der Waals surface area contributed by atoms with E-state index in [4.69, 9.17) is 0 Å². The first kappa shape index (κ1) is 15.1. The van der Waals surface area contributed by atoms with Crippen LogP contribution < -0.4 is 5.56 Å². The van der Waals surface area contributed by atoms with Gasteiger partial charge in [0.15, 0.2) is 5.16 Å². The molecule has 0 radical (unpaired) electrons. The van der Waals surface area contributed by atoms with Crippen LogP contribution in [0.3, 0.4) is 0 Å². The number of benzene rings is 1. The molecule has 0 unspecified atom stereocenters. The smallest absolute Gasteiger partial charge is 0.262 e. The lowest BCUT2D eigenvalue weighted by atomic mass is 10.2. The lowest BCUT2D eigenvalue weighted by Gasteiger charge is -2.07. The van der Waals surface area contributed by atoms with Crippen LogP contribution in [0.2, 0.25) is 0 Å². The number of nitrogens with zero attached hydrogens (tertiary/aromatic N) is 7. The molecule has 0 bridgehead atoms. The summed E-state index contributed by atoms with van der Waals surface area (Å²) in [5.41, 5.74) is 1.62. The normalized spacial score (nSPS) is 11.7. The van der Waals surface area contributed by atoms with Crippen molar-refractivity contribution < 1.29 is 0 Å². The number of fused-ring (bicyclic) bond motifs is 4. The van der Waals surface area contributed by atoms with Crippen LogP contribution in [0.15, 0.2) is 58.9 Å². The molecule has 0 saturated carbocycles. The largest absolute Gasteiger partial charge is 0.291 e. The van der Waals surface area contributed by atoms with Crippen molar-refractivity contribution >= 4 is 34.2 Å². The quantitative estimate of drug-likeness (QED) is 0.456. The molecular weight excluding hydrogens is 350 g/mol. The molecule has 0 fully saturated rings. The summed E-state index contributed by atoms with van der Waals surface area (Å²) < 4.78 is 5.32. The summed E-state index contributed by atoms with van der Waals surface area (Å²) in [6.45, 7) is 0. The van der Waals surface area contributed by atoms with Crippen LogP contribution in [0.25, 0.3) is 22.5 Å². The maximum absolute atomic E-state index is 12.5. The summed E-state index contributed by atoms with van der Waals surface area (Å²) in [6.07, 6.45) is 5.59. The van der Waals surface area contributed by atoms with Crippen molar-refractivity contribution in [3.05, 3.63) is 65.0 Å². The van der Waals surface area contributed by atoms with Gasteiger partial charge in [0, 0.05) is 31.4 Å². The van der Waals surface area contributed by atoms with E-state index in [2.05, 4.69) is 20.2 Å². The van der Waals surface area contributed by atoms with Gasteiger partial charge in [-0.3, -0.25) is 18.2 Å². The number of hydrogen-bond donors (Lipinski definition) is 0. The van der Waals surface area contributed by atoms with Gasteiger partial charge in [0.1, 0.15) is 0 Å². The first-order valence-corrected chi connectivity index (χ1v) is 8.95. The van der Waals surface area contributed by atoms with Gasteiger partial charge in [0.05, 0.1) is 16.6 Å². The van der Waals surface area contributed by atoms with Crippen molar-refractivity contribution in [3.8, 4) is 0 Å². The molecule has 128 valence electrons. The molecule has 1 aromatic carbocycles. The Bertz CT molecular complexity index is 1300. The van der Waals surface area contributed by atoms with Gasteiger partial charge in [-0.25, -0.2) is 9.97 Å². The molecule has 5 aromatic rings. The van der Waals surface area contributed by atoms with Gasteiger partial charge in [-0.05, 0) is 18.2 Å². The van der Waals surface area contributed by atoms with E-state index in [-0.39, 0.29) is 5.56 Å². The lowest BCUT2D eigenvalue weighted by Crippen LogP contribution is -2.20. The molecule has 9 heteroatoms. The molecule has 5 rings (SSSR count). The molecule has 4 aromatic heterocycles. The Kier molecular flexibility index (Phi) is 3.29. The molecule has 0 aliphatic carbocycles. The van der Waals surface area contributed by atoms with E-state index < -0.39 is 0 Å². The summed E-state index contributed by atoms with van der Waals surface area (Å²) in [5, 5.41) is 9.84. The number of para-hydroxylation sites is 1. The Labute approximate surface area is 151 Å². The first-order valence-electron chi connectivity index (χ1n) is 7.96. The zero-order valence-electron chi connectivity index (χ0n) is 13.8. The van der Waals surface area contributed by atoms with Gasteiger partial charge in [-0.2, -0.15) is 0 Å². The highest BCUT2D eigenvalue weighted by atomic mass is 32.2. The number of hydrogen-bond acceptors (Lipinski definition) is 6. The molecule has 0 aliphatic rings. The van der Waals surface area contributed by atoms with Gasteiger partial charge in [-0.1, -0.05) is 23.9 Å². The third kappa shape index (κ3) is 2.21. The van der Waals surface area contributed by atoms with Crippen molar-refractivity contribution in [2.75, 3.05) is 0 Å². The number of aryl methyl sites for hydroxylation is 1. The van der Waals surface area contributed by atoms with Crippen molar-refractivity contribution in [2.24, 2.45) is 7.05 Å². The highest BCUT2D eigenvalue weighted by Gasteiger charge is 2.15. The topological polar surface area (TPSA) is 82.4 Å². The Morgan fingerprint density at radius 2 is 2.04 bits per heavy atom. The predicted molar refractivity (Wildman–Crippen MR) is 98.3 cm³/mol. The van der Waals surface area contributed by atoms with E-state index in [1.165, 1.54) is 16.3 Å². The molecule has 26 heavy (non-hydrogen) atoms. The summed E-state index contributed by atoms with van der Waals surface area (Å²) in [5.74, 6) is 1.82. The van der Waals surface area contributed by atoms with Gasteiger partial charge in [0.2, 0.25) is 11.6 Å². The average molecular weight is 363 g/mol. The highest BCUT2D eigenvalue weighted by molar-refractivity contribution is 7.98. The molecule has 0 spiro atoms. The van der Waals surface area contributed by atoms with E-state index >= 15 is 0 Å². The second kappa shape index (κ2) is 5.67. The molecule has 8 nitrogen and oxygen atoms in total. The van der Waals surface area contributed by atoms with Crippen molar-refractivity contribution in [1.29, 1.82) is 0 Å². The summed E-state index contributed by atoms with van der Waals surface area (Å²) >= 11 is 1.52. The monoisotopic (exact) mass is 363 g/mol. The van der Waals surface area contributed by atoms with Crippen molar-refractivity contribution in [3.63, 3.8) is 0 Å². The summed E-state index contributed by atoms with van der Waals surface area (Å²) in [4.78, 5) is 21.2. The zero-order chi connectivity index (χ0) is 17.7. The maximum Gasteiger partial charge on any atom is 0.262 e. The zero-order valence-corrected chi connectivity index (χ0v) is 14.6. The van der Waals surface area contributed by atoms with E-state index in [9.17, 15) is 4.79 Å². The second-order valence-electron chi connectivity index (χ2n) is 5.85. The SMILES string of the molecule is Cn1c(=O)c2ccccc2n2c(SCc3cn4cccnc4n3)nnc12. The molecule has 0 amide bonds. The lowest BCUT2D eigenvalue weighted by molar-refractivity contribution is 0.853. The first-order chi connectivity index (χ1) is 12.7. The minimum absolute atomic E-state index is 0.0801. The van der Waals surface area contributed by atoms with Gasteiger partial charge in [0.25, 0.3) is 5.56 Å². The van der Waals surface area contributed by atoms with Crippen molar-refractivity contribution in [1.82, 2.24) is 33.5 Å². The van der Waals surface area contributed by atoms with Crippen LogP contribution in [0.1, 0.15) is 5.69 Å². The third-order valence-corrected chi connectivity index (χ3v) is 5.19. The molecule has 0 N–H and O–H groups in total. The molecule has 0 aliphatic heterocycles. The fourth-order valence-corrected chi connectivity index (χ4v) is 3.82. The number of aromatic nitrogens is 7. The molecular formula is C17H13N7OS. The fraction of sp³-hybridized carbons (Fsp3) is 0.118. The van der Waals surface area contributed by atoms with E-state index in [1.807, 2.05) is 51.5 Å². The minimum atomic E-state index is -0.0801. The minimum Gasteiger partial charge on any atom is -0.291 e. The van der Waals surface area contributed by atoms with Crippen LogP contribution in [-0.2, 0) is 12.8 Å². The second-order valence-corrected chi connectivity index (χ2v) is 6.79. The average Bonchev–Trinajstić information content (AvgIpc) is 3.28. The number of rotatable bonds is 3. The Balaban J connectivity index is 1.60. The standard InChI is InChI=1S/C17H13N7OS/c1-22-14(25)12-5-2-3-6-13(12)24-16(22)20-21-17(24)26-10-11-9-23-8-4-7-18-15(23)19-11/h2-9H,10H2,1H3. The van der Waals surface area contributed by atoms with Crippen LogP contribution in [0, 0.1) is 0 Å². The van der Waals surface area contributed by atoms with E-state index in [1.54, 1.807) is 13.2 Å². The van der Waals surface area contributed by atoms with Crippen LogP contribution in [0.4, 0.5) is 0 Å².